The molecule has 0 aliphatic carbocycles. The quantitative estimate of drug-likeness (QED) is 0.390. The highest BCUT2D eigenvalue weighted by atomic mass is 16.6. The molecular formula is C8H12O3. The number of hydrogen-bond donors (Lipinski definition) is 0. The smallest absolute Gasteiger partial charge is 0.316 e. The fourth-order valence-electron chi connectivity index (χ4n) is 1.08. The number of esters is 2. The number of cyclic esters (lactones) is 2. The summed E-state index contributed by atoms with van der Waals surface area (Å²) in [6, 6.07) is 0. The average molecular weight is 156 g/mol. The van der Waals surface area contributed by atoms with E-state index in [1.807, 2.05) is 13.8 Å². The van der Waals surface area contributed by atoms with Crippen molar-refractivity contribution in [3.8, 4) is 0 Å². The number of carbonyl (C=O) groups is 2. The van der Waals surface area contributed by atoms with Crippen LogP contribution in [0.15, 0.2) is 0 Å². The number of hydrogen-bond acceptors (Lipinski definition) is 3. The van der Waals surface area contributed by atoms with Crippen LogP contribution in [0.2, 0.25) is 0 Å². The summed E-state index contributed by atoms with van der Waals surface area (Å²) in [7, 11) is 0. The Bertz CT molecular complexity index is 205. The Hall–Kier alpha value is -0.860. The van der Waals surface area contributed by atoms with Crippen LogP contribution in [0, 0.1) is 11.3 Å². The van der Waals surface area contributed by atoms with E-state index in [0.717, 1.165) is 0 Å². The van der Waals surface area contributed by atoms with E-state index < -0.39 is 11.9 Å². The Balaban J connectivity index is 2.83. The summed E-state index contributed by atoms with van der Waals surface area (Å²) in [5, 5.41) is 0. The lowest BCUT2D eigenvalue weighted by Crippen LogP contribution is -2.39. The van der Waals surface area contributed by atoms with Gasteiger partial charge in [-0.3, -0.25) is 9.59 Å². The predicted octanol–water partition coefficient (Wildman–Crippen LogP) is 1.12. The summed E-state index contributed by atoms with van der Waals surface area (Å²) in [4.78, 5) is 21.8. The van der Waals surface area contributed by atoms with Crippen molar-refractivity contribution in [1.29, 1.82) is 0 Å². The van der Waals surface area contributed by atoms with Crippen LogP contribution in [0.1, 0.15) is 27.2 Å². The van der Waals surface area contributed by atoms with Crippen molar-refractivity contribution >= 4 is 11.9 Å². The molecule has 3 heteroatoms. The molecule has 0 aromatic carbocycles. The summed E-state index contributed by atoms with van der Waals surface area (Å²) in [5.74, 6) is -0.982. The molecule has 1 fully saturated rings. The number of rotatable bonds is 0. The van der Waals surface area contributed by atoms with Gasteiger partial charge in [-0.1, -0.05) is 20.8 Å². The molecule has 0 amide bonds. The van der Waals surface area contributed by atoms with Gasteiger partial charge in [-0.05, 0) is 5.41 Å². The van der Waals surface area contributed by atoms with Crippen LogP contribution in [-0.4, -0.2) is 11.9 Å². The van der Waals surface area contributed by atoms with E-state index >= 15 is 0 Å². The van der Waals surface area contributed by atoms with Crippen molar-refractivity contribution in [1.82, 2.24) is 0 Å². The molecule has 1 aliphatic heterocycles. The maximum atomic E-state index is 11.0. The molecule has 0 radical (unpaired) electrons. The molecule has 62 valence electrons. The maximum absolute atomic E-state index is 11.0. The standard InChI is InChI=1S/C8H12O3/c1-5-7(10)11-6(9)4-8(5,2)3/h5H,4H2,1-3H3. The monoisotopic (exact) mass is 156 g/mol. The van der Waals surface area contributed by atoms with Gasteiger partial charge in [0.2, 0.25) is 0 Å². The van der Waals surface area contributed by atoms with Crippen molar-refractivity contribution in [3.05, 3.63) is 0 Å². The van der Waals surface area contributed by atoms with Gasteiger partial charge in [0.05, 0.1) is 12.3 Å². The van der Waals surface area contributed by atoms with E-state index in [9.17, 15) is 9.59 Å². The largest absolute Gasteiger partial charge is 0.393 e. The third-order valence-electron chi connectivity index (χ3n) is 2.34. The molecule has 0 spiro atoms. The van der Waals surface area contributed by atoms with Crippen LogP contribution >= 0.6 is 0 Å². The predicted molar refractivity (Wildman–Crippen MR) is 38.7 cm³/mol. The lowest BCUT2D eigenvalue weighted by Gasteiger charge is -2.32. The molecule has 0 aromatic rings. The molecule has 0 saturated carbocycles. The van der Waals surface area contributed by atoms with Gasteiger partial charge in [0.15, 0.2) is 0 Å². The highest BCUT2D eigenvalue weighted by molar-refractivity contribution is 5.90. The minimum atomic E-state index is -0.405. The summed E-state index contributed by atoms with van der Waals surface area (Å²) in [6.45, 7) is 5.58. The molecule has 3 nitrogen and oxygen atoms in total. The molecule has 1 atom stereocenters. The van der Waals surface area contributed by atoms with Gasteiger partial charge in [-0.25, -0.2) is 0 Å². The number of ether oxygens (including phenoxy) is 1. The molecule has 1 unspecified atom stereocenters. The van der Waals surface area contributed by atoms with Crippen LogP contribution in [-0.2, 0) is 14.3 Å². The molecule has 1 saturated heterocycles. The molecule has 0 N–H and O–H groups in total. The minimum Gasteiger partial charge on any atom is -0.393 e. The Morgan fingerprint density at radius 1 is 1.45 bits per heavy atom. The second kappa shape index (κ2) is 2.32. The molecule has 0 bridgehead atoms. The van der Waals surface area contributed by atoms with Crippen LogP contribution in [0.25, 0.3) is 0 Å². The summed E-state index contributed by atoms with van der Waals surface area (Å²) in [5.41, 5.74) is -0.244. The van der Waals surface area contributed by atoms with Crippen LogP contribution < -0.4 is 0 Å². The Morgan fingerprint density at radius 2 is 2.00 bits per heavy atom. The Kier molecular flexibility index (Phi) is 1.74. The summed E-state index contributed by atoms with van der Waals surface area (Å²) in [6.07, 6.45) is 0.333. The summed E-state index contributed by atoms with van der Waals surface area (Å²) < 4.78 is 4.46. The van der Waals surface area contributed by atoms with Gasteiger partial charge in [-0.2, -0.15) is 0 Å². The highest BCUT2D eigenvalue weighted by Gasteiger charge is 2.40. The third kappa shape index (κ3) is 1.42. The average Bonchev–Trinajstić information content (AvgIpc) is 1.81. The molecule has 11 heavy (non-hydrogen) atoms. The van der Waals surface area contributed by atoms with Crippen molar-refractivity contribution in [3.63, 3.8) is 0 Å². The Morgan fingerprint density at radius 3 is 2.45 bits per heavy atom. The van der Waals surface area contributed by atoms with E-state index in [1.54, 1.807) is 6.92 Å². The topological polar surface area (TPSA) is 43.4 Å². The SMILES string of the molecule is CC1C(=O)OC(=O)CC1(C)C. The van der Waals surface area contributed by atoms with Gasteiger partial charge >= 0.3 is 11.9 Å². The van der Waals surface area contributed by atoms with Crippen LogP contribution in [0.3, 0.4) is 0 Å². The summed E-state index contributed by atoms with van der Waals surface area (Å²) >= 11 is 0. The van der Waals surface area contributed by atoms with E-state index in [2.05, 4.69) is 4.74 Å². The molecular weight excluding hydrogens is 144 g/mol. The van der Waals surface area contributed by atoms with Gasteiger partial charge in [0.1, 0.15) is 0 Å². The van der Waals surface area contributed by atoms with Gasteiger partial charge < -0.3 is 4.74 Å². The Labute approximate surface area is 65.7 Å². The first-order chi connectivity index (χ1) is 4.93. The van der Waals surface area contributed by atoms with Gasteiger partial charge in [-0.15, -0.1) is 0 Å². The lowest BCUT2D eigenvalue weighted by molar-refractivity contribution is -0.173. The van der Waals surface area contributed by atoms with Gasteiger partial charge in [0.25, 0.3) is 0 Å². The van der Waals surface area contributed by atoms with Crippen molar-refractivity contribution < 1.29 is 14.3 Å². The van der Waals surface area contributed by atoms with E-state index in [0.29, 0.717) is 6.42 Å². The lowest BCUT2D eigenvalue weighted by atomic mass is 9.76. The second-order valence-corrected chi connectivity index (χ2v) is 3.68. The minimum absolute atomic E-state index is 0.180. The van der Waals surface area contributed by atoms with Crippen molar-refractivity contribution in [2.75, 3.05) is 0 Å². The van der Waals surface area contributed by atoms with Crippen LogP contribution in [0.4, 0.5) is 0 Å². The number of carbonyl (C=O) groups excluding carboxylic acids is 2. The zero-order valence-corrected chi connectivity index (χ0v) is 7.01. The van der Waals surface area contributed by atoms with Crippen LogP contribution in [0.5, 0.6) is 0 Å². The zero-order valence-electron chi connectivity index (χ0n) is 7.01. The van der Waals surface area contributed by atoms with E-state index in [-0.39, 0.29) is 11.3 Å². The fourth-order valence-corrected chi connectivity index (χ4v) is 1.08. The third-order valence-corrected chi connectivity index (χ3v) is 2.34. The molecule has 1 rings (SSSR count). The first kappa shape index (κ1) is 8.24. The first-order valence-electron chi connectivity index (χ1n) is 3.68. The highest BCUT2D eigenvalue weighted by Crippen LogP contribution is 2.35. The zero-order chi connectivity index (χ0) is 8.65. The van der Waals surface area contributed by atoms with Crippen molar-refractivity contribution in [2.45, 2.75) is 27.2 Å². The molecule has 1 aliphatic rings. The first-order valence-corrected chi connectivity index (χ1v) is 3.68. The fraction of sp³-hybridized carbons (Fsp3) is 0.750. The normalized spacial score (nSPS) is 29.9. The van der Waals surface area contributed by atoms with Crippen molar-refractivity contribution in [2.24, 2.45) is 11.3 Å². The van der Waals surface area contributed by atoms with E-state index in [1.165, 1.54) is 0 Å². The van der Waals surface area contributed by atoms with Gasteiger partial charge in [0, 0.05) is 0 Å². The van der Waals surface area contributed by atoms with E-state index in [4.69, 9.17) is 0 Å². The maximum Gasteiger partial charge on any atom is 0.316 e. The molecule has 1 heterocycles. The second-order valence-electron chi connectivity index (χ2n) is 3.68. The molecule has 0 aromatic heterocycles.